The van der Waals surface area contributed by atoms with Crippen LogP contribution in [0.4, 0.5) is 0 Å². The second kappa shape index (κ2) is 10.3. The maximum atomic E-state index is 12.5. The standard InChI is InChI=1S/C30H39N3O6/c1-29(2)12-21(29)19-11-20-23(13-30(7-4-8-30)39-28(20)32-14-19)31-15-24(34)22(33-27(35)16-36-3)9-18-5-6-25-26(10-18)38-17-37-25/h5-6,10-11,14,21-24,31,34H,4,7-9,12-13,15-17H2,1-3H3,(H,33,35)/t21-,22-,23-,24+/m0/s1. The quantitative estimate of drug-likeness (QED) is 0.423. The minimum Gasteiger partial charge on any atom is -0.471 e. The summed E-state index contributed by atoms with van der Waals surface area (Å²) in [6, 6.07) is 7.44. The lowest BCUT2D eigenvalue weighted by Crippen LogP contribution is -2.52. The Hall–Kier alpha value is -2.88. The Morgan fingerprint density at radius 1 is 1.21 bits per heavy atom. The van der Waals surface area contributed by atoms with E-state index >= 15 is 0 Å². The van der Waals surface area contributed by atoms with Gasteiger partial charge in [-0.1, -0.05) is 19.9 Å². The summed E-state index contributed by atoms with van der Waals surface area (Å²) in [6.45, 7) is 5.02. The van der Waals surface area contributed by atoms with Gasteiger partial charge in [0.15, 0.2) is 11.5 Å². The number of fused-ring (bicyclic) bond motifs is 2. The molecule has 6 rings (SSSR count). The molecule has 2 saturated carbocycles. The predicted molar refractivity (Wildman–Crippen MR) is 144 cm³/mol. The van der Waals surface area contributed by atoms with Crippen molar-refractivity contribution in [3.8, 4) is 17.4 Å². The molecule has 9 nitrogen and oxygen atoms in total. The number of amides is 1. The molecule has 1 aromatic carbocycles. The van der Waals surface area contributed by atoms with Crippen LogP contribution in [-0.4, -0.2) is 60.8 Å². The fourth-order valence-corrected chi connectivity index (χ4v) is 6.23. The van der Waals surface area contributed by atoms with E-state index in [0.29, 0.717) is 41.7 Å². The first-order valence-electron chi connectivity index (χ1n) is 14.0. The number of nitrogens with one attached hydrogen (secondary N) is 2. The lowest BCUT2D eigenvalue weighted by Gasteiger charge is -2.47. The molecule has 2 aliphatic heterocycles. The third-order valence-corrected chi connectivity index (χ3v) is 8.90. The van der Waals surface area contributed by atoms with E-state index in [9.17, 15) is 9.90 Å². The Morgan fingerprint density at radius 2 is 2.00 bits per heavy atom. The van der Waals surface area contributed by atoms with Gasteiger partial charge >= 0.3 is 0 Å². The van der Waals surface area contributed by atoms with Crippen LogP contribution in [-0.2, 0) is 16.0 Å². The summed E-state index contributed by atoms with van der Waals surface area (Å²) >= 11 is 0. The molecule has 0 unspecified atom stereocenters. The monoisotopic (exact) mass is 537 g/mol. The van der Waals surface area contributed by atoms with Crippen LogP contribution in [0.15, 0.2) is 30.5 Å². The highest BCUT2D eigenvalue weighted by molar-refractivity contribution is 5.77. The van der Waals surface area contributed by atoms with E-state index in [4.69, 9.17) is 23.9 Å². The average molecular weight is 538 g/mol. The molecule has 3 N–H and O–H groups in total. The molecule has 1 amide bonds. The van der Waals surface area contributed by atoms with E-state index in [0.717, 1.165) is 43.2 Å². The topological polar surface area (TPSA) is 111 Å². The van der Waals surface area contributed by atoms with Crippen molar-refractivity contribution in [2.75, 3.05) is 27.1 Å². The molecule has 2 aromatic rings. The molecule has 1 spiro atoms. The van der Waals surface area contributed by atoms with Crippen LogP contribution >= 0.6 is 0 Å². The molecule has 210 valence electrons. The Labute approximate surface area is 229 Å². The number of hydrogen-bond acceptors (Lipinski definition) is 8. The van der Waals surface area contributed by atoms with Gasteiger partial charge in [-0.25, -0.2) is 4.98 Å². The highest BCUT2D eigenvalue weighted by atomic mass is 16.7. The number of carbonyl (C=O) groups is 1. The number of hydrogen-bond donors (Lipinski definition) is 3. The number of aliphatic hydroxyl groups is 1. The summed E-state index contributed by atoms with van der Waals surface area (Å²) < 4.78 is 22.4. The number of aromatic nitrogens is 1. The molecule has 0 bridgehead atoms. The van der Waals surface area contributed by atoms with Crippen molar-refractivity contribution >= 4 is 5.91 Å². The Morgan fingerprint density at radius 3 is 2.72 bits per heavy atom. The minimum absolute atomic E-state index is 0.0129. The lowest BCUT2D eigenvalue weighted by molar-refractivity contribution is -0.126. The van der Waals surface area contributed by atoms with E-state index in [-0.39, 0.29) is 30.9 Å². The molecule has 0 radical (unpaired) electrons. The third-order valence-electron chi connectivity index (χ3n) is 8.90. The molecule has 2 fully saturated rings. The number of pyridine rings is 1. The van der Waals surface area contributed by atoms with E-state index < -0.39 is 12.1 Å². The van der Waals surface area contributed by atoms with Crippen LogP contribution < -0.4 is 24.8 Å². The molecular formula is C30H39N3O6. The van der Waals surface area contributed by atoms with Crippen molar-refractivity contribution < 1.29 is 28.8 Å². The zero-order valence-corrected chi connectivity index (χ0v) is 23.0. The number of ether oxygens (including phenoxy) is 4. The van der Waals surface area contributed by atoms with Crippen LogP contribution in [0.1, 0.15) is 74.6 Å². The summed E-state index contributed by atoms with van der Waals surface area (Å²) in [4.78, 5) is 17.2. The molecule has 9 heteroatoms. The van der Waals surface area contributed by atoms with E-state index in [1.807, 2.05) is 24.4 Å². The molecule has 2 aliphatic carbocycles. The number of rotatable bonds is 10. The SMILES string of the molecule is COCC(=O)N[C@@H](Cc1ccc2c(c1)OCO2)[C@H](O)CN[C@H]1CC2(CCC2)Oc2ncc([C@@H]3CC3(C)C)cc21. The van der Waals surface area contributed by atoms with E-state index in [1.165, 1.54) is 12.7 Å². The van der Waals surface area contributed by atoms with Gasteiger partial charge in [-0.2, -0.15) is 0 Å². The first kappa shape index (κ1) is 26.3. The van der Waals surface area contributed by atoms with Crippen LogP contribution in [0.5, 0.6) is 17.4 Å². The summed E-state index contributed by atoms with van der Waals surface area (Å²) in [6.07, 6.45) is 6.78. The number of carbonyl (C=O) groups excluding carboxylic acids is 1. The number of nitrogens with zero attached hydrogens (tertiary/aromatic N) is 1. The maximum absolute atomic E-state index is 12.5. The second-order valence-electron chi connectivity index (χ2n) is 12.3. The molecule has 1 aromatic heterocycles. The van der Waals surface area contributed by atoms with Gasteiger partial charge in [0.25, 0.3) is 0 Å². The van der Waals surface area contributed by atoms with Crippen LogP contribution in [0.3, 0.4) is 0 Å². The summed E-state index contributed by atoms with van der Waals surface area (Å²) in [5.41, 5.74) is 3.39. The zero-order valence-electron chi connectivity index (χ0n) is 23.0. The largest absolute Gasteiger partial charge is 0.471 e. The second-order valence-corrected chi connectivity index (χ2v) is 12.3. The van der Waals surface area contributed by atoms with Gasteiger partial charge in [-0.05, 0) is 72.8 Å². The van der Waals surface area contributed by atoms with Gasteiger partial charge in [-0.15, -0.1) is 0 Å². The van der Waals surface area contributed by atoms with Crippen LogP contribution in [0, 0.1) is 5.41 Å². The maximum Gasteiger partial charge on any atom is 0.246 e. The van der Waals surface area contributed by atoms with Crippen molar-refractivity contribution in [3.63, 3.8) is 0 Å². The number of methoxy groups -OCH3 is 1. The number of benzene rings is 1. The van der Waals surface area contributed by atoms with Crippen molar-refractivity contribution in [2.45, 2.75) is 82.1 Å². The first-order valence-corrected chi connectivity index (χ1v) is 14.0. The van der Waals surface area contributed by atoms with Crippen molar-refractivity contribution in [2.24, 2.45) is 5.41 Å². The summed E-state index contributed by atoms with van der Waals surface area (Å²) in [5.74, 6) is 2.33. The van der Waals surface area contributed by atoms with Gasteiger partial charge in [0.1, 0.15) is 12.2 Å². The summed E-state index contributed by atoms with van der Waals surface area (Å²) in [5, 5.41) is 17.9. The van der Waals surface area contributed by atoms with Crippen molar-refractivity contribution in [1.29, 1.82) is 0 Å². The van der Waals surface area contributed by atoms with Crippen molar-refractivity contribution in [1.82, 2.24) is 15.6 Å². The van der Waals surface area contributed by atoms with Gasteiger partial charge in [0, 0.05) is 37.9 Å². The first-order chi connectivity index (χ1) is 18.7. The zero-order chi connectivity index (χ0) is 27.2. The molecule has 3 heterocycles. The van der Waals surface area contributed by atoms with E-state index in [2.05, 4.69) is 30.5 Å². The molecule has 39 heavy (non-hydrogen) atoms. The average Bonchev–Trinajstić information content (AvgIpc) is 3.29. The van der Waals surface area contributed by atoms with E-state index in [1.54, 1.807) is 0 Å². The molecule has 0 saturated heterocycles. The number of aliphatic hydroxyl groups excluding tert-OH is 1. The fourth-order valence-electron chi connectivity index (χ4n) is 6.23. The van der Waals surface area contributed by atoms with Gasteiger partial charge in [0.05, 0.1) is 12.1 Å². The van der Waals surface area contributed by atoms with Gasteiger partial charge < -0.3 is 34.7 Å². The fraction of sp³-hybridized carbons (Fsp3) is 0.600. The predicted octanol–water partition coefficient (Wildman–Crippen LogP) is 3.39. The summed E-state index contributed by atoms with van der Waals surface area (Å²) in [7, 11) is 1.48. The smallest absolute Gasteiger partial charge is 0.246 e. The van der Waals surface area contributed by atoms with Gasteiger partial charge in [-0.3, -0.25) is 4.79 Å². The van der Waals surface area contributed by atoms with Crippen LogP contribution in [0.2, 0.25) is 0 Å². The Balaban J connectivity index is 1.18. The highest BCUT2D eigenvalue weighted by Gasteiger charge is 2.49. The lowest BCUT2D eigenvalue weighted by atomic mass is 9.73. The Kier molecular flexibility index (Phi) is 6.93. The molecular weight excluding hydrogens is 498 g/mol. The van der Waals surface area contributed by atoms with Crippen LogP contribution in [0.25, 0.3) is 0 Å². The van der Waals surface area contributed by atoms with Gasteiger partial charge in [0.2, 0.25) is 18.6 Å². The molecule has 4 atom stereocenters. The van der Waals surface area contributed by atoms with Crippen molar-refractivity contribution in [3.05, 3.63) is 47.2 Å². The Bertz CT molecular complexity index is 1230. The minimum atomic E-state index is -0.835. The molecule has 4 aliphatic rings. The normalized spacial score (nSPS) is 24.7. The third kappa shape index (κ3) is 5.44. The highest BCUT2D eigenvalue weighted by Crippen LogP contribution is 2.59.